The lowest BCUT2D eigenvalue weighted by Crippen LogP contribution is -2.43. The number of likely N-dealkylation sites (tertiary alicyclic amines) is 1. The third-order valence-corrected chi connectivity index (χ3v) is 4.07. The molecule has 100 valence electrons. The molecule has 1 aromatic rings. The highest BCUT2D eigenvalue weighted by molar-refractivity contribution is 6.29. The molecule has 0 radical (unpaired) electrons. The van der Waals surface area contributed by atoms with Crippen molar-refractivity contribution in [3.8, 4) is 0 Å². The molecule has 2 rings (SSSR count). The van der Waals surface area contributed by atoms with Crippen LogP contribution in [0.1, 0.15) is 31.3 Å². The van der Waals surface area contributed by atoms with Gasteiger partial charge in [-0.2, -0.15) is 0 Å². The van der Waals surface area contributed by atoms with E-state index in [-0.39, 0.29) is 28.7 Å². The second-order valence-corrected chi connectivity index (χ2v) is 5.71. The first-order chi connectivity index (χ1) is 8.34. The van der Waals surface area contributed by atoms with E-state index in [1.54, 1.807) is 17.0 Å². The van der Waals surface area contributed by atoms with Crippen LogP contribution in [0.15, 0.2) is 16.5 Å². The topological polar surface area (TPSA) is 53.7 Å². The molecule has 0 saturated carbocycles. The summed E-state index contributed by atoms with van der Waals surface area (Å²) in [4.78, 5) is 13.8. The predicted octanol–water partition coefficient (Wildman–Crippen LogP) is 2.41. The smallest absolute Gasteiger partial charge is 0.289 e. The number of amides is 1. The van der Waals surface area contributed by atoms with Gasteiger partial charge in [0.2, 0.25) is 0 Å². The molecule has 2 unspecified atom stereocenters. The van der Waals surface area contributed by atoms with Crippen LogP contribution in [0.3, 0.4) is 0 Å². The number of β-amino-alcohol motifs (C(OH)–C–C–N with tert-alkyl or cyclic N) is 1. The van der Waals surface area contributed by atoms with E-state index in [9.17, 15) is 9.90 Å². The van der Waals surface area contributed by atoms with E-state index in [0.717, 1.165) is 0 Å². The first kappa shape index (κ1) is 13.4. The van der Waals surface area contributed by atoms with Crippen LogP contribution < -0.4 is 0 Å². The van der Waals surface area contributed by atoms with Gasteiger partial charge >= 0.3 is 0 Å². The summed E-state index contributed by atoms with van der Waals surface area (Å²) in [7, 11) is 0. The molecule has 2 atom stereocenters. The molecule has 0 aromatic carbocycles. The number of rotatable bonds is 2. The van der Waals surface area contributed by atoms with E-state index in [4.69, 9.17) is 16.0 Å². The Bertz CT molecular complexity index is 457. The molecule has 1 saturated heterocycles. The van der Waals surface area contributed by atoms with E-state index < -0.39 is 5.60 Å². The van der Waals surface area contributed by atoms with Gasteiger partial charge in [-0.05, 0) is 29.7 Å². The largest absolute Gasteiger partial charge is 0.440 e. The van der Waals surface area contributed by atoms with Gasteiger partial charge in [0.1, 0.15) is 0 Å². The number of nitrogens with zero attached hydrogens (tertiary/aromatic N) is 1. The lowest BCUT2D eigenvalue weighted by molar-refractivity contribution is -0.0245. The SMILES string of the molecule is CC(C)C1(O)CN(C(=O)c2ccc(Cl)o2)CC1C. The van der Waals surface area contributed by atoms with Crippen LogP contribution in [0.25, 0.3) is 0 Å². The first-order valence-corrected chi connectivity index (χ1v) is 6.49. The van der Waals surface area contributed by atoms with Crippen LogP contribution >= 0.6 is 11.6 Å². The fraction of sp³-hybridized carbons (Fsp3) is 0.615. The van der Waals surface area contributed by atoms with Crippen molar-refractivity contribution >= 4 is 17.5 Å². The summed E-state index contributed by atoms with van der Waals surface area (Å²) < 4.78 is 5.11. The summed E-state index contributed by atoms with van der Waals surface area (Å²) in [5, 5.41) is 10.8. The van der Waals surface area contributed by atoms with Gasteiger partial charge in [-0.3, -0.25) is 4.79 Å². The van der Waals surface area contributed by atoms with Crippen LogP contribution in [0.2, 0.25) is 5.22 Å². The molecule has 0 aliphatic carbocycles. The predicted molar refractivity (Wildman–Crippen MR) is 68.6 cm³/mol. The summed E-state index contributed by atoms with van der Waals surface area (Å²) in [5.74, 6) is 0.155. The quantitative estimate of drug-likeness (QED) is 0.899. The molecular weight excluding hydrogens is 254 g/mol. The molecule has 1 amide bonds. The Balaban J connectivity index is 2.16. The average Bonchev–Trinajstić information content (AvgIpc) is 2.84. The molecule has 1 N–H and O–H groups in total. The van der Waals surface area contributed by atoms with E-state index in [0.29, 0.717) is 13.1 Å². The molecular formula is C13H18ClNO3. The third-order valence-electron chi connectivity index (χ3n) is 3.86. The fourth-order valence-electron chi connectivity index (χ4n) is 2.51. The lowest BCUT2D eigenvalue weighted by Gasteiger charge is -2.30. The number of hydrogen-bond acceptors (Lipinski definition) is 3. The van der Waals surface area contributed by atoms with Crippen molar-refractivity contribution in [3.63, 3.8) is 0 Å². The minimum Gasteiger partial charge on any atom is -0.440 e. The Morgan fingerprint density at radius 3 is 2.72 bits per heavy atom. The molecule has 4 nitrogen and oxygen atoms in total. The summed E-state index contributed by atoms with van der Waals surface area (Å²) in [5.41, 5.74) is -0.827. The first-order valence-electron chi connectivity index (χ1n) is 6.11. The van der Waals surface area contributed by atoms with Crippen LogP contribution in [0.4, 0.5) is 0 Å². The van der Waals surface area contributed by atoms with Crippen LogP contribution in [-0.2, 0) is 0 Å². The molecule has 1 aromatic heterocycles. The van der Waals surface area contributed by atoms with Gasteiger partial charge in [0.05, 0.1) is 12.1 Å². The number of carbonyl (C=O) groups is 1. The normalized spacial score (nSPS) is 28.1. The van der Waals surface area contributed by atoms with Crippen molar-refractivity contribution in [1.29, 1.82) is 0 Å². The number of aliphatic hydroxyl groups is 1. The Hall–Kier alpha value is -1.00. The van der Waals surface area contributed by atoms with Crippen molar-refractivity contribution in [1.82, 2.24) is 4.90 Å². The van der Waals surface area contributed by atoms with Crippen molar-refractivity contribution in [3.05, 3.63) is 23.1 Å². The van der Waals surface area contributed by atoms with Crippen molar-refractivity contribution < 1.29 is 14.3 Å². The standard InChI is InChI=1S/C13H18ClNO3/c1-8(2)13(17)7-15(6-9(13)3)12(16)10-4-5-11(14)18-10/h4-5,8-9,17H,6-7H2,1-3H3. The Morgan fingerprint density at radius 2 is 2.28 bits per heavy atom. The van der Waals surface area contributed by atoms with Crippen molar-refractivity contribution in [2.75, 3.05) is 13.1 Å². The molecule has 0 bridgehead atoms. The summed E-state index contributed by atoms with van der Waals surface area (Å²) in [6.07, 6.45) is 0. The zero-order chi connectivity index (χ0) is 13.5. The molecule has 18 heavy (non-hydrogen) atoms. The minimum absolute atomic E-state index is 0.0480. The highest BCUT2D eigenvalue weighted by Gasteiger charge is 2.46. The van der Waals surface area contributed by atoms with Gasteiger partial charge in [0, 0.05) is 12.5 Å². The zero-order valence-electron chi connectivity index (χ0n) is 10.8. The maximum atomic E-state index is 12.2. The number of halogens is 1. The molecule has 0 spiro atoms. The molecule has 1 aliphatic rings. The van der Waals surface area contributed by atoms with Gasteiger partial charge in [-0.1, -0.05) is 20.8 Å². The number of carbonyl (C=O) groups excluding carboxylic acids is 1. The van der Waals surface area contributed by atoms with Crippen LogP contribution in [0, 0.1) is 11.8 Å². The molecule has 1 fully saturated rings. The Kier molecular flexibility index (Phi) is 3.43. The van der Waals surface area contributed by atoms with Crippen LogP contribution in [-0.4, -0.2) is 34.6 Å². The van der Waals surface area contributed by atoms with Gasteiger partial charge < -0.3 is 14.4 Å². The Morgan fingerprint density at radius 1 is 1.61 bits per heavy atom. The monoisotopic (exact) mass is 271 g/mol. The number of hydrogen-bond donors (Lipinski definition) is 1. The Labute approximate surface area is 112 Å². The van der Waals surface area contributed by atoms with Gasteiger partial charge in [0.25, 0.3) is 5.91 Å². The highest BCUT2D eigenvalue weighted by atomic mass is 35.5. The summed E-state index contributed by atoms with van der Waals surface area (Å²) in [6, 6.07) is 3.10. The van der Waals surface area contributed by atoms with Crippen LogP contribution in [0.5, 0.6) is 0 Å². The maximum Gasteiger partial charge on any atom is 0.289 e. The van der Waals surface area contributed by atoms with Gasteiger partial charge in [-0.25, -0.2) is 0 Å². The van der Waals surface area contributed by atoms with Crippen molar-refractivity contribution in [2.45, 2.75) is 26.4 Å². The summed E-state index contributed by atoms with van der Waals surface area (Å²) in [6.45, 7) is 6.76. The van der Waals surface area contributed by atoms with Gasteiger partial charge in [0.15, 0.2) is 11.0 Å². The minimum atomic E-state index is -0.827. The highest BCUT2D eigenvalue weighted by Crippen LogP contribution is 2.34. The van der Waals surface area contributed by atoms with E-state index in [1.165, 1.54) is 0 Å². The van der Waals surface area contributed by atoms with E-state index >= 15 is 0 Å². The van der Waals surface area contributed by atoms with E-state index in [2.05, 4.69) is 0 Å². The van der Waals surface area contributed by atoms with Crippen molar-refractivity contribution in [2.24, 2.45) is 11.8 Å². The fourth-order valence-corrected chi connectivity index (χ4v) is 2.65. The maximum absolute atomic E-state index is 12.2. The second kappa shape index (κ2) is 4.59. The average molecular weight is 272 g/mol. The van der Waals surface area contributed by atoms with E-state index in [1.807, 2.05) is 20.8 Å². The molecule has 1 aliphatic heterocycles. The third kappa shape index (κ3) is 2.15. The second-order valence-electron chi connectivity index (χ2n) is 5.34. The number of furan rings is 1. The zero-order valence-corrected chi connectivity index (χ0v) is 11.6. The summed E-state index contributed by atoms with van der Waals surface area (Å²) >= 11 is 5.66. The molecule has 2 heterocycles. The van der Waals surface area contributed by atoms with Gasteiger partial charge in [-0.15, -0.1) is 0 Å². The molecule has 5 heteroatoms. The lowest BCUT2D eigenvalue weighted by atomic mass is 9.82.